The van der Waals surface area contributed by atoms with E-state index in [4.69, 9.17) is 11.6 Å². The molecule has 72 valence electrons. The number of halogens is 1. The van der Waals surface area contributed by atoms with E-state index < -0.39 is 0 Å². The van der Waals surface area contributed by atoms with Crippen molar-refractivity contribution in [2.45, 2.75) is 13.3 Å². The maximum Gasteiger partial charge on any atom is 0.151 e. The van der Waals surface area contributed by atoms with Crippen molar-refractivity contribution >= 4 is 39.3 Å². The van der Waals surface area contributed by atoms with Gasteiger partial charge in [-0.2, -0.15) is 0 Å². The van der Waals surface area contributed by atoms with Crippen LogP contribution in [0.1, 0.15) is 22.8 Å². The molecule has 2 aromatic rings. The van der Waals surface area contributed by atoms with Crippen LogP contribution in [-0.2, 0) is 6.42 Å². The molecule has 0 aliphatic carbocycles. The molecule has 0 bridgehead atoms. The van der Waals surface area contributed by atoms with Gasteiger partial charge in [-0.05, 0) is 29.5 Å². The summed E-state index contributed by atoms with van der Waals surface area (Å²) in [5.41, 5.74) is 1.80. The number of carbonyl (C=O) groups excluding carboxylic acids is 1. The molecule has 1 aromatic heterocycles. The number of aryl methyl sites for hydroxylation is 1. The number of benzene rings is 1. The number of carbonyl (C=O) groups is 1. The Hall–Kier alpha value is -0.860. The fourth-order valence-corrected chi connectivity index (χ4v) is 2.95. The van der Waals surface area contributed by atoms with E-state index in [0.29, 0.717) is 10.6 Å². The van der Waals surface area contributed by atoms with Gasteiger partial charge in [0, 0.05) is 15.6 Å². The minimum atomic E-state index is 0.576. The van der Waals surface area contributed by atoms with E-state index in [1.54, 1.807) is 17.4 Å². The highest BCUT2D eigenvalue weighted by Crippen LogP contribution is 2.34. The van der Waals surface area contributed by atoms with Crippen LogP contribution in [0.5, 0.6) is 0 Å². The fraction of sp³-hybridized carbons (Fsp3) is 0.182. The number of aldehydes is 1. The topological polar surface area (TPSA) is 17.1 Å². The lowest BCUT2D eigenvalue weighted by molar-refractivity contribution is 0.112. The third kappa shape index (κ3) is 1.35. The summed E-state index contributed by atoms with van der Waals surface area (Å²) in [5, 5.41) is 3.74. The molecule has 0 spiro atoms. The second-order valence-corrected chi connectivity index (χ2v) is 4.36. The van der Waals surface area contributed by atoms with Gasteiger partial charge >= 0.3 is 0 Å². The lowest BCUT2D eigenvalue weighted by atomic mass is 10.1. The summed E-state index contributed by atoms with van der Waals surface area (Å²) >= 11 is 7.81. The molecule has 1 heterocycles. The normalized spacial score (nSPS) is 10.7. The molecular weight excluding hydrogens is 216 g/mol. The summed E-state index contributed by atoms with van der Waals surface area (Å²) in [6, 6.07) is 3.72. The highest BCUT2D eigenvalue weighted by molar-refractivity contribution is 7.17. The Labute approximate surface area is 91.3 Å². The molecule has 14 heavy (non-hydrogen) atoms. The average molecular weight is 225 g/mol. The third-order valence-corrected chi connectivity index (χ3v) is 3.69. The molecule has 0 saturated heterocycles. The first-order valence-electron chi connectivity index (χ1n) is 4.41. The molecule has 0 unspecified atom stereocenters. The standard InChI is InChI=1S/C11H9ClOS/c1-2-7-6-14-9-4-3-8(5-13)11(12)10(7)9/h3-6H,2H2,1H3. The van der Waals surface area contributed by atoms with Crippen LogP contribution in [-0.4, -0.2) is 6.29 Å². The van der Waals surface area contributed by atoms with Crippen molar-refractivity contribution in [1.82, 2.24) is 0 Å². The molecule has 0 saturated carbocycles. The summed E-state index contributed by atoms with van der Waals surface area (Å²) in [6.45, 7) is 2.09. The Balaban J connectivity index is 2.83. The molecular formula is C11H9ClOS. The molecule has 2 rings (SSSR count). The van der Waals surface area contributed by atoms with Crippen LogP contribution >= 0.6 is 22.9 Å². The lowest BCUT2D eigenvalue weighted by Crippen LogP contribution is -1.84. The second kappa shape index (κ2) is 3.71. The van der Waals surface area contributed by atoms with Gasteiger partial charge in [-0.15, -0.1) is 11.3 Å². The predicted molar refractivity (Wildman–Crippen MR) is 61.6 cm³/mol. The fourth-order valence-electron chi connectivity index (χ4n) is 1.52. The van der Waals surface area contributed by atoms with E-state index in [2.05, 4.69) is 12.3 Å². The summed E-state index contributed by atoms with van der Waals surface area (Å²) in [5.74, 6) is 0. The minimum Gasteiger partial charge on any atom is -0.298 e. The zero-order valence-corrected chi connectivity index (χ0v) is 9.28. The van der Waals surface area contributed by atoms with Crippen LogP contribution in [0.3, 0.4) is 0 Å². The molecule has 1 aromatic carbocycles. The minimum absolute atomic E-state index is 0.576. The first kappa shape index (κ1) is 9.69. The van der Waals surface area contributed by atoms with Crippen molar-refractivity contribution in [3.8, 4) is 0 Å². The predicted octanol–water partition coefficient (Wildman–Crippen LogP) is 3.93. The highest BCUT2D eigenvalue weighted by atomic mass is 35.5. The van der Waals surface area contributed by atoms with Gasteiger partial charge in [0.2, 0.25) is 0 Å². The average Bonchev–Trinajstić information content (AvgIpc) is 2.62. The number of rotatable bonds is 2. The first-order chi connectivity index (χ1) is 6.77. The van der Waals surface area contributed by atoms with Crippen molar-refractivity contribution in [2.75, 3.05) is 0 Å². The summed E-state index contributed by atoms with van der Waals surface area (Å²) in [6.07, 6.45) is 1.75. The molecule has 0 N–H and O–H groups in total. The zero-order chi connectivity index (χ0) is 10.1. The van der Waals surface area contributed by atoms with Gasteiger partial charge < -0.3 is 0 Å². The van der Waals surface area contributed by atoms with E-state index in [9.17, 15) is 4.79 Å². The monoisotopic (exact) mass is 224 g/mol. The highest BCUT2D eigenvalue weighted by Gasteiger charge is 2.09. The Morgan fingerprint density at radius 3 is 2.93 bits per heavy atom. The molecule has 0 aliphatic rings. The Kier molecular flexibility index (Phi) is 2.57. The summed E-state index contributed by atoms with van der Waals surface area (Å²) in [7, 11) is 0. The van der Waals surface area contributed by atoms with Gasteiger partial charge in [-0.25, -0.2) is 0 Å². The first-order valence-corrected chi connectivity index (χ1v) is 5.67. The quantitative estimate of drug-likeness (QED) is 0.707. The van der Waals surface area contributed by atoms with E-state index in [-0.39, 0.29) is 0 Å². The van der Waals surface area contributed by atoms with Crippen LogP contribution in [0, 0.1) is 0 Å². The Morgan fingerprint density at radius 1 is 1.50 bits per heavy atom. The van der Waals surface area contributed by atoms with Gasteiger partial charge in [0.25, 0.3) is 0 Å². The Bertz CT molecular complexity index is 487. The van der Waals surface area contributed by atoms with E-state index >= 15 is 0 Å². The van der Waals surface area contributed by atoms with Gasteiger partial charge in [-0.3, -0.25) is 4.79 Å². The molecule has 3 heteroatoms. The van der Waals surface area contributed by atoms with Crippen molar-refractivity contribution in [3.05, 3.63) is 33.7 Å². The van der Waals surface area contributed by atoms with E-state index in [0.717, 1.165) is 22.8 Å². The molecule has 1 nitrogen and oxygen atoms in total. The molecule has 0 aliphatic heterocycles. The maximum atomic E-state index is 10.7. The van der Waals surface area contributed by atoms with Crippen LogP contribution in [0.25, 0.3) is 10.1 Å². The number of hydrogen-bond donors (Lipinski definition) is 0. The molecule has 0 radical (unpaired) electrons. The smallest absolute Gasteiger partial charge is 0.151 e. The zero-order valence-electron chi connectivity index (χ0n) is 7.71. The van der Waals surface area contributed by atoms with Gasteiger partial charge in [0.1, 0.15) is 0 Å². The molecule has 0 amide bonds. The van der Waals surface area contributed by atoms with E-state index in [1.165, 1.54) is 5.56 Å². The number of fused-ring (bicyclic) bond motifs is 1. The third-order valence-electron chi connectivity index (χ3n) is 2.29. The number of thiophene rings is 1. The van der Waals surface area contributed by atoms with Crippen LogP contribution in [0.4, 0.5) is 0 Å². The van der Waals surface area contributed by atoms with Crippen molar-refractivity contribution in [2.24, 2.45) is 0 Å². The van der Waals surface area contributed by atoms with Crippen LogP contribution in [0.15, 0.2) is 17.5 Å². The Morgan fingerprint density at radius 2 is 2.29 bits per heavy atom. The summed E-state index contributed by atoms with van der Waals surface area (Å²) < 4.78 is 1.15. The summed E-state index contributed by atoms with van der Waals surface area (Å²) in [4.78, 5) is 10.7. The maximum absolute atomic E-state index is 10.7. The molecule has 0 fully saturated rings. The SMILES string of the molecule is CCc1csc2ccc(C=O)c(Cl)c12. The van der Waals surface area contributed by atoms with Gasteiger partial charge in [0.15, 0.2) is 6.29 Å². The second-order valence-electron chi connectivity index (χ2n) is 3.07. The molecule has 0 atom stereocenters. The lowest BCUT2D eigenvalue weighted by Gasteiger charge is -2.00. The van der Waals surface area contributed by atoms with E-state index in [1.807, 2.05) is 6.07 Å². The van der Waals surface area contributed by atoms with Crippen molar-refractivity contribution in [1.29, 1.82) is 0 Å². The van der Waals surface area contributed by atoms with Crippen molar-refractivity contribution < 1.29 is 4.79 Å². The largest absolute Gasteiger partial charge is 0.298 e. The van der Waals surface area contributed by atoms with Crippen LogP contribution < -0.4 is 0 Å². The van der Waals surface area contributed by atoms with Crippen LogP contribution in [0.2, 0.25) is 5.02 Å². The van der Waals surface area contributed by atoms with Gasteiger partial charge in [0.05, 0.1) is 5.02 Å². The van der Waals surface area contributed by atoms with Gasteiger partial charge in [-0.1, -0.05) is 18.5 Å². The number of hydrogen-bond acceptors (Lipinski definition) is 2. The van der Waals surface area contributed by atoms with Crippen molar-refractivity contribution in [3.63, 3.8) is 0 Å².